The van der Waals surface area contributed by atoms with Crippen molar-refractivity contribution in [2.75, 3.05) is 64.4 Å². The Morgan fingerprint density at radius 2 is 0.957 bits per heavy atom. The molecule has 6 amide bonds. The van der Waals surface area contributed by atoms with Crippen LogP contribution in [0, 0.1) is 22.7 Å². The molecule has 34 heteroatoms. The highest BCUT2D eigenvalue weighted by molar-refractivity contribution is 6.13. The van der Waals surface area contributed by atoms with E-state index < -0.39 is 116 Å². The number of rotatable bonds is 31. The Bertz CT molecular complexity index is 4560. The Morgan fingerprint density at radius 3 is 1.30 bits per heavy atom. The molecule has 0 radical (unpaired) electrons. The number of amides is 6. The predicted octanol–water partition coefficient (Wildman–Crippen LogP) is 11.6. The number of carbonyl (C=O) groups is 10. The normalized spacial score (nSPS) is 14.3. The average Bonchev–Trinajstić information content (AvgIpc) is 1.67. The maximum atomic E-state index is 14.1. The van der Waals surface area contributed by atoms with Gasteiger partial charge < -0.3 is 88.3 Å². The van der Waals surface area contributed by atoms with E-state index in [0.29, 0.717) is 58.8 Å². The van der Waals surface area contributed by atoms with Gasteiger partial charge in [-0.25, -0.2) is 38.7 Å². The largest absolute Gasteiger partial charge is 0.511 e. The number of hydrogen-bond donors (Lipinski definition) is 10. The maximum absolute atomic E-state index is 14.1. The lowest BCUT2D eigenvalue weighted by molar-refractivity contribution is -0.142. The fourth-order valence-electron chi connectivity index (χ4n) is 10.6. The molecule has 4 atom stereocenters. The van der Waals surface area contributed by atoms with E-state index in [1.807, 2.05) is 0 Å². The number of nitrogens with one attached hydrogen (secondary N) is 8. The third-order valence-corrected chi connectivity index (χ3v) is 16.5. The second-order valence-corrected chi connectivity index (χ2v) is 26.7. The van der Waals surface area contributed by atoms with Crippen LogP contribution in [0.4, 0.5) is 30.6 Å². The second kappa shape index (κ2) is 42.3. The molecule has 0 bridgehead atoms. The molecule has 2 saturated carbocycles. The van der Waals surface area contributed by atoms with Gasteiger partial charge in [0.2, 0.25) is 12.6 Å². The van der Waals surface area contributed by atoms with Crippen LogP contribution in [0.15, 0.2) is 110 Å². The van der Waals surface area contributed by atoms with Gasteiger partial charge in [-0.1, -0.05) is 40.2 Å². The SMILES string of the molecule is C.C.C=Cc1cc(C(=O)Nc2ccc(C(=N)NC(=O)OCC(O)CO)cc2)c(-c2ccc(C(=O)NCC3CC3)nc2C(=O)OC(C)OC(=O)OC(C)C)cc1OC.C=Cc1cc(C(=O)Nc2ccc(C(=N)NC(=O)OCC3COC(C)(C)O3)cc2)c(-c2ccc(C(=O)NCC3CC3)nc2C(=O)OC(C)OC(=O)OC(C)C)cc1OC. The lowest BCUT2D eigenvalue weighted by atomic mass is 9.94. The summed E-state index contributed by atoms with van der Waals surface area (Å²) in [5, 5.41) is 50.5. The first-order chi connectivity index (χ1) is 53.8. The molecule has 616 valence electrons. The van der Waals surface area contributed by atoms with Crippen LogP contribution < -0.4 is 41.4 Å². The van der Waals surface area contributed by atoms with Crippen molar-refractivity contribution in [2.45, 2.75) is 139 Å². The van der Waals surface area contributed by atoms with Crippen LogP contribution in [-0.2, 0) is 47.4 Å². The summed E-state index contributed by atoms with van der Waals surface area (Å²) >= 11 is 0. The molecule has 1 saturated heterocycles. The molecule has 1 aliphatic heterocycles. The fraction of sp³-hybridized carbons (Fsp3) is 0.383. The molecule has 2 aromatic heterocycles. The molecular weight excluding hydrogens is 1500 g/mol. The zero-order valence-corrected chi connectivity index (χ0v) is 63.8. The summed E-state index contributed by atoms with van der Waals surface area (Å²) < 4.78 is 63.0. The van der Waals surface area contributed by atoms with Gasteiger partial charge in [-0.15, -0.1) is 0 Å². The molecule has 9 rings (SSSR count). The summed E-state index contributed by atoms with van der Waals surface area (Å²) in [6, 6.07) is 23.7. The molecule has 3 heterocycles. The number of aliphatic hydroxyl groups is 2. The van der Waals surface area contributed by atoms with E-state index in [-0.39, 0.29) is 107 Å². The Balaban J connectivity index is 0.000000352. The number of carbonyl (C=O) groups excluding carboxylic acids is 10. The fourth-order valence-corrected chi connectivity index (χ4v) is 10.6. The number of benzene rings is 4. The molecule has 4 aromatic carbocycles. The van der Waals surface area contributed by atoms with Gasteiger partial charge in [0.15, 0.2) is 17.2 Å². The summed E-state index contributed by atoms with van der Waals surface area (Å²) in [5.74, 6) is -4.44. The van der Waals surface area contributed by atoms with E-state index in [2.05, 4.69) is 55.0 Å². The zero-order valence-electron chi connectivity index (χ0n) is 63.8. The van der Waals surface area contributed by atoms with Crippen molar-refractivity contribution < 1.29 is 115 Å². The number of aromatic nitrogens is 2. The van der Waals surface area contributed by atoms with Crippen LogP contribution in [0.25, 0.3) is 34.4 Å². The molecule has 34 nitrogen and oxygen atoms in total. The van der Waals surface area contributed by atoms with Gasteiger partial charge in [0.25, 0.3) is 23.6 Å². The van der Waals surface area contributed by atoms with Crippen LogP contribution in [0.5, 0.6) is 11.5 Å². The van der Waals surface area contributed by atoms with Gasteiger partial charge >= 0.3 is 36.4 Å². The predicted molar refractivity (Wildman–Crippen MR) is 421 cm³/mol. The third-order valence-electron chi connectivity index (χ3n) is 16.5. The monoisotopic (exact) mass is 1590 g/mol. The van der Waals surface area contributed by atoms with E-state index in [4.69, 9.17) is 72.8 Å². The molecule has 4 unspecified atom stereocenters. The van der Waals surface area contributed by atoms with E-state index >= 15 is 0 Å². The van der Waals surface area contributed by atoms with Crippen LogP contribution in [-0.4, -0.2) is 188 Å². The van der Waals surface area contributed by atoms with Crippen molar-refractivity contribution in [3.8, 4) is 33.8 Å². The van der Waals surface area contributed by atoms with Crippen molar-refractivity contribution >= 4 is 95.3 Å². The average molecular weight is 1600 g/mol. The van der Waals surface area contributed by atoms with Crippen molar-refractivity contribution in [1.82, 2.24) is 31.2 Å². The van der Waals surface area contributed by atoms with Crippen LogP contribution in [0.1, 0.15) is 181 Å². The number of pyridine rings is 2. The third kappa shape index (κ3) is 27.0. The molecule has 6 aromatic rings. The van der Waals surface area contributed by atoms with E-state index in [1.54, 1.807) is 41.5 Å². The first kappa shape index (κ1) is 91.2. The number of methoxy groups -OCH3 is 2. The Hall–Kier alpha value is -12.7. The smallest absolute Gasteiger partial charge is 0.496 e. The standard InChI is InChI=1S/C41H47N5O12.C38H43N5O12.2CH4/c1-8-25-17-31(36(47)44-27-13-11-26(12-14-27)35(42)46-39(50)53-20-28-21-54-41(5,6)58-28)30(18-33(25)52-7)29-15-16-32(37(48)43-19-24-9-10-24)45-34(29)38(49)56-23(4)57-40(51)55-22(2)3;1-6-23-15-29(34(46)41-25-11-9-24(10-12-25)33(39)43-37(49)52-19-26(45)18-44)28(16-31(23)51-5)27-13-14-30(35(47)40-17-22-7-8-22)42-32(27)36(48)54-21(4)55-38(50)53-20(2)3;;/h8,11-18,22-24,28H,1,9-10,19-21H2,2-7H3,(H,43,48)(H,44,47)(H2,42,46,50);6,9-16,20-22,26,44-45H,1,7-8,17-19H2,2-5H3,(H,40,47)(H,41,46)(H2,39,43,49);2*1H4. The molecule has 115 heavy (non-hydrogen) atoms. The Morgan fingerprint density at radius 1 is 0.557 bits per heavy atom. The minimum absolute atomic E-state index is 0. The molecular formula is C81H98N10O24. The Kier molecular flexibility index (Phi) is 33.5. The molecule has 0 spiro atoms. The zero-order chi connectivity index (χ0) is 82.4. The number of alkyl carbamates (subject to hydrolysis) is 2. The lowest BCUT2D eigenvalue weighted by Crippen LogP contribution is -2.34. The number of aliphatic hydroxyl groups excluding tert-OH is 2. The number of esters is 2. The van der Waals surface area contributed by atoms with Crippen LogP contribution in [0.3, 0.4) is 0 Å². The number of anilines is 2. The van der Waals surface area contributed by atoms with E-state index in [9.17, 15) is 53.1 Å². The van der Waals surface area contributed by atoms with Crippen molar-refractivity contribution in [3.63, 3.8) is 0 Å². The van der Waals surface area contributed by atoms with Gasteiger partial charge in [-0.05, 0) is 176 Å². The summed E-state index contributed by atoms with van der Waals surface area (Å²) in [5.41, 5.74) is 1.78. The lowest BCUT2D eigenvalue weighted by Gasteiger charge is -2.19. The number of amidine groups is 2. The van der Waals surface area contributed by atoms with Crippen molar-refractivity contribution in [2.24, 2.45) is 11.8 Å². The summed E-state index contributed by atoms with van der Waals surface area (Å²) in [6.45, 7) is 20.2. The molecule has 3 aliphatic rings. The van der Waals surface area contributed by atoms with Gasteiger partial charge in [-0.2, -0.15) is 0 Å². The topological polar surface area (TPSA) is 468 Å². The highest BCUT2D eigenvalue weighted by Gasteiger charge is 2.35. The molecule has 2 aliphatic carbocycles. The van der Waals surface area contributed by atoms with Crippen molar-refractivity contribution in [1.29, 1.82) is 10.8 Å². The number of ether oxygens (including phenoxy) is 12. The van der Waals surface area contributed by atoms with Gasteiger partial charge in [-0.3, -0.25) is 40.6 Å². The number of hydrogen-bond acceptors (Lipinski definition) is 28. The highest BCUT2D eigenvalue weighted by Crippen LogP contribution is 2.38. The van der Waals surface area contributed by atoms with Crippen LogP contribution in [0.2, 0.25) is 0 Å². The van der Waals surface area contributed by atoms with Crippen molar-refractivity contribution in [3.05, 3.63) is 166 Å². The van der Waals surface area contributed by atoms with E-state index in [0.717, 1.165) is 25.7 Å². The Labute approximate surface area is 664 Å². The van der Waals surface area contributed by atoms with Crippen LogP contribution >= 0.6 is 0 Å². The second-order valence-electron chi connectivity index (χ2n) is 26.7. The molecule has 10 N–H and O–H groups in total. The quantitative estimate of drug-likeness (QED) is 0.00635. The summed E-state index contributed by atoms with van der Waals surface area (Å²) in [6.07, 6.45) is -2.56. The summed E-state index contributed by atoms with van der Waals surface area (Å²) in [7, 11) is 2.84. The van der Waals surface area contributed by atoms with Gasteiger partial charge in [0, 0.05) is 93.9 Å². The number of nitrogens with zero attached hydrogens (tertiary/aromatic N) is 2. The van der Waals surface area contributed by atoms with Gasteiger partial charge in [0.1, 0.15) is 60.0 Å². The van der Waals surface area contributed by atoms with E-state index in [1.165, 1.54) is 137 Å². The first-order valence-electron chi connectivity index (χ1n) is 35.7. The highest BCUT2D eigenvalue weighted by atomic mass is 16.8. The minimum atomic E-state index is -1.43. The first-order valence-corrected chi connectivity index (χ1v) is 35.7. The summed E-state index contributed by atoms with van der Waals surface area (Å²) in [4.78, 5) is 139. The minimum Gasteiger partial charge on any atom is -0.496 e. The maximum Gasteiger partial charge on any atom is 0.511 e. The van der Waals surface area contributed by atoms with Gasteiger partial charge in [0.05, 0.1) is 39.6 Å². The molecule has 3 fully saturated rings.